The summed E-state index contributed by atoms with van der Waals surface area (Å²) in [6.07, 6.45) is 18.0. The predicted molar refractivity (Wildman–Crippen MR) is 139 cm³/mol. The normalized spacial score (nSPS) is 39.9. The lowest BCUT2D eigenvalue weighted by Gasteiger charge is -2.61. The molecule has 4 nitrogen and oxygen atoms in total. The van der Waals surface area contributed by atoms with E-state index in [2.05, 4.69) is 38.3 Å². The third kappa shape index (κ3) is 5.07. The van der Waals surface area contributed by atoms with E-state index in [9.17, 15) is 9.59 Å². The number of amides is 2. The molecule has 8 atom stereocenters. The van der Waals surface area contributed by atoms with E-state index in [0.29, 0.717) is 29.7 Å². The molecule has 7 unspecified atom stereocenters. The van der Waals surface area contributed by atoms with Crippen molar-refractivity contribution in [1.29, 1.82) is 0 Å². The maximum atomic E-state index is 12.4. The molecule has 0 heterocycles. The lowest BCUT2D eigenvalue weighted by atomic mass is 9.44. The Morgan fingerprint density at radius 3 is 2.47 bits per heavy atom. The van der Waals surface area contributed by atoms with Gasteiger partial charge in [0, 0.05) is 13.0 Å². The SMILES string of the molecule is CCCCNC(=O)CNC(=O)CC[C@@H](C)C1CCC2C3CCC4CCCCC4(C)C3CCC21C. The fourth-order valence-electron chi connectivity index (χ4n) is 9.56. The number of carbonyl (C=O) groups excluding carboxylic acids is 2. The van der Waals surface area contributed by atoms with E-state index in [4.69, 9.17) is 0 Å². The van der Waals surface area contributed by atoms with Crippen molar-refractivity contribution in [3.63, 3.8) is 0 Å². The molecule has 0 aromatic carbocycles. The average molecular weight is 473 g/mol. The maximum Gasteiger partial charge on any atom is 0.239 e. The molecule has 4 heteroatoms. The first-order valence-electron chi connectivity index (χ1n) is 14.8. The van der Waals surface area contributed by atoms with Gasteiger partial charge in [-0.15, -0.1) is 0 Å². The highest BCUT2D eigenvalue weighted by atomic mass is 16.2. The van der Waals surface area contributed by atoms with Crippen LogP contribution in [0.25, 0.3) is 0 Å². The summed E-state index contributed by atoms with van der Waals surface area (Å²) < 4.78 is 0. The quantitative estimate of drug-likeness (QED) is 0.377. The lowest BCUT2D eigenvalue weighted by molar-refractivity contribution is -0.126. The molecule has 2 N–H and O–H groups in total. The van der Waals surface area contributed by atoms with Crippen molar-refractivity contribution in [1.82, 2.24) is 10.6 Å². The van der Waals surface area contributed by atoms with Gasteiger partial charge >= 0.3 is 0 Å². The second kappa shape index (κ2) is 10.9. The summed E-state index contributed by atoms with van der Waals surface area (Å²) in [7, 11) is 0. The van der Waals surface area contributed by atoms with Crippen LogP contribution in [0.3, 0.4) is 0 Å². The molecule has 0 radical (unpaired) electrons. The topological polar surface area (TPSA) is 58.2 Å². The van der Waals surface area contributed by atoms with Gasteiger partial charge in [0.15, 0.2) is 0 Å². The molecule has 0 aromatic heterocycles. The minimum atomic E-state index is -0.0702. The van der Waals surface area contributed by atoms with Crippen molar-refractivity contribution in [3.05, 3.63) is 0 Å². The Labute approximate surface area is 209 Å². The number of fused-ring (bicyclic) bond motifs is 5. The summed E-state index contributed by atoms with van der Waals surface area (Å²) >= 11 is 0. The van der Waals surface area contributed by atoms with Crippen LogP contribution in [0, 0.1) is 46.3 Å². The molecule has 4 fully saturated rings. The van der Waals surface area contributed by atoms with Crippen LogP contribution in [-0.4, -0.2) is 24.9 Å². The Bertz CT molecular complexity index is 723. The Morgan fingerprint density at radius 1 is 0.882 bits per heavy atom. The molecule has 0 bridgehead atoms. The maximum absolute atomic E-state index is 12.4. The van der Waals surface area contributed by atoms with Crippen molar-refractivity contribution < 1.29 is 9.59 Å². The van der Waals surface area contributed by atoms with Crippen LogP contribution >= 0.6 is 0 Å². The van der Waals surface area contributed by atoms with Crippen molar-refractivity contribution in [3.8, 4) is 0 Å². The molecule has 2 amide bonds. The smallest absolute Gasteiger partial charge is 0.239 e. The van der Waals surface area contributed by atoms with Crippen LogP contribution < -0.4 is 10.6 Å². The Hall–Kier alpha value is -1.06. The molecule has 194 valence electrons. The third-order valence-corrected chi connectivity index (χ3v) is 11.5. The summed E-state index contributed by atoms with van der Waals surface area (Å²) in [5, 5.41) is 5.71. The molecule has 4 saturated carbocycles. The van der Waals surface area contributed by atoms with Gasteiger partial charge in [0.25, 0.3) is 0 Å². The van der Waals surface area contributed by atoms with Gasteiger partial charge < -0.3 is 10.6 Å². The summed E-state index contributed by atoms with van der Waals surface area (Å²) in [6.45, 7) is 10.6. The predicted octanol–water partition coefficient (Wildman–Crippen LogP) is 6.48. The first-order chi connectivity index (χ1) is 16.3. The highest BCUT2D eigenvalue weighted by Crippen LogP contribution is 2.68. The number of nitrogens with one attached hydrogen (secondary N) is 2. The number of unbranched alkanes of at least 4 members (excludes halogenated alkanes) is 1. The first-order valence-corrected chi connectivity index (χ1v) is 14.8. The Kier molecular flexibility index (Phi) is 8.35. The summed E-state index contributed by atoms with van der Waals surface area (Å²) in [5.74, 6) is 5.10. The average Bonchev–Trinajstić information content (AvgIpc) is 3.18. The lowest BCUT2D eigenvalue weighted by Crippen LogP contribution is -2.53. The minimum Gasteiger partial charge on any atom is -0.355 e. The zero-order valence-electron chi connectivity index (χ0n) is 22.6. The van der Waals surface area contributed by atoms with Gasteiger partial charge in [-0.3, -0.25) is 9.59 Å². The molecular weight excluding hydrogens is 420 g/mol. The van der Waals surface area contributed by atoms with E-state index in [0.717, 1.165) is 48.9 Å². The summed E-state index contributed by atoms with van der Waals surface area (Å²) in [6, 6.07) is 0. The van der Waals surface area contributed by atoms with Gasteiger partial charge in [0.1, 0.15) is 0 Å². The van der Waals surface area contributed by atoms with Gasteiger partial charge in [-0.1, -0.05) is 47.0 Å². The largest absolute Gasteiger partial charge is 0.355 e. The number of rotatable bonds is 9. The van der Waals surface area contributed by atoms with Gasteiger partial charge in [-0.2, -0.15) is 0 Å². The van der Waals surface area contributed by atoms with Crippen LogP contribution in [0.2, 0.25) is 0 Å². The monoisotopic (exact) mass is 472 g/mol. The zero-order chi connectivity index (χ0) is 24.3. The molecule has 0 saturated heterocycles. The van der Waals surface area contributed by atoms with E-state index in [1.165, 1.54) is 64.2 Å². The van der Waals surface area contributed by atoms with Crippen LogP contribution in [0.1, 0.15) is 118 Å². The minimum absolute atomic E-state index is 0.0319. The first kappa shape index (κ1) is 26.0. The summed E-state index contributed by atoms with van der Waals surface area (Å²) in [4.78, 5) is 24.3. The number of hydrogen-bond acceptors (Lipinski definition) is 2. The van der Waals surface area contributed by atoms with Crippen molar-refractivity contribution in [2.24, 2.45) is 46.3 Å². The van der Waals surface area contributed by atoms with Gasteiger partial charge in [-0.05, 0) is 111 Å². The van der Waals surface area contributed by atoms with E-state index < -0.39 is 0 Å². The Balaban J connectivity index is 1.28. The van der Waals surface area contributed by atoms with Gasteiger partial charge in [0.05, 0.1) is 6.54 Å². The number of carbonyl (C=O) groups is 2. The van der Waals surface area contributed by atoms with Crippen molar-refractivity contribution in [2.75, 3.05) is 13.1 Å². The molecule has 0 aliphatic heterocycles. The molecule has 4 aliphatic rings. The summed E-state index contributed by atoms with van der Waals surface area (Å²) in [5.41, 5.74) is 1.08. The van der Waals surface area contributed by atoms with Gasteiger partial charge in [0.2, 0.25) is 11.8 Å². The van der Waals surface area contributed by atoms with Crippen molar-refractivity contribution in [2.45, 2.75) is 118 Å². The molecule has 4 aliphatic carbocycles. The van der Waals surface area contributed by atoms with Crippen molar-refractivity contribution >= 4 is 11.8 Å². The molecule has 0 spiro atoms. The standard InChI is InChI=1S/C30H52N2O2/c1-5-6-19-31-28(34)20-32-27(33)15-10-21(2)24-13-14-25-23-12-11-22-9-7-8-17-29(22,3)26(23)16-18-30(24,25)4/h21-26H,5-20H2,1-4H3,(H,31,34)(H,32,33)/t21-,22?,23?,24?,25?,26?,29?,30?/m1/s1. The highest BCUT2D eigenvalue weighted by Gasteiger charge is 2.60. The van der Waals surface area contributed by atoms with Gasteiger partial charge in [-0.25, -0.2) is 0 Å². The fraction of sp³-hybridized carbons (Fsp3) is 0.933. The zero-order valence-corrected chi connectivity index (χ0v) is 22.6. The fourth-order valence-corrected chi connectivity index (χ4v) is 9.56. The van der Waals surface area contributed by atoms with E-state index in [1.807, 2.05) is 0 Å². The second-order valence-corrected chi connectivity index (χ2v) is 13.1. The highest BCUT2D eigenvalue weighted by molar-refractivity contribution is 5.84. The Morgan fingerprint density at radius 2 is 1.68 bits per heavy atom. The molecule has 0 aromatic rings. The second-order valence-electron chi connectivity index (χ2n) is 13.1. The van der Waals surface area contributed by atoms with E-state index in [1.54, 1.807) is 0 Å². The number of hydrogen-bond donors (Lipinski definition) is 2. The third-order valence-electron chi connectivity index (χ3n) is 11.5. The van der Waals surface area contributed by atoms with Crippen LogP contribution in [-0.2, 0) is 9.59 Å². The van der Waals surface area contributed by atoms with Crippen LogP contribution in [0.15, 0.2) is 0 Å². The van der Waals surface area contributed by atoms with E-state index in [-0.39, 0.29) is 18.4 Å². The molecule has 34 heavy (non-hydrogen) atoms. The molecule has 4 rings (SSSR count). The van der Waals surface area contributed by atoms with Crippen LogP contribution in [0.5, 0.6) is 0 Å². The van der Waals surface area contributed by atoms with Crippen LogP contribution in [0.4, 0.5) is 0 Å². The molecular formula is C30H52N2O2. The van der Waals surface area contributed by atoms with E-state index >= 15 is 0 Å².